The molecule has 0 aliphatic carbocycles. The van der Waals surface area contributed by atoms with Crippen molar-refractivity contribution in [3.63, 3.8) is 0 Å². The lowest BCUT2D eigenvalue weighted by molar-refractivity contribution is -0.124. The third-order valence-electron chi connectivity index (χ3n) is 3.28. The molecule has 0 saturated carbocycles. The zero-order valence-corrected chi connectivity index (χ0v) is 12.2. The van der Waals surface area contributed by atoms with Crippen molar-refractivity contribution in [2.45, 2.75) is 52.5 Å². The second kappa shape index (κ2) is 6.03. The van der Waals surface area contributed by atoms with Crippen LogP contribution in [0.1, 0.15) is 46.6 Å². The topological polar surface area (TPSA) is 29.1 Å². The maximum absolute atomic E-state index is 11.7. The molecule has 1 N–H and O–H groups in total. The van der Waals surface area contributed by atoms with E-state index in [0.717, 1.165) is 6.42 Å². The first-order valence-electron chi connectivity index (χ1n) is 6.69. The summed E-state index contributed by atoms with van der Waals surface area (Å²) in [6.45, 7) is 10.4. The number of hydrogen-bond acceptors (Lipinski definition) is 1. The lowest BCUT2D eigenvalue weighted by atomic mass is 9.79. The first kappa shape index (κ1) is 14.7. The molecule has 0 aliphatic rings. The Kier molecular flexibility index (Phi) is 4.94. The van der Waals surface area contributed by atoms with Crippen LogP contribution in [-0.2, 0) is 10.2 Å². The number of carbonyl (C=O) groups excluding carboxylic acids is 1. The van der Waals surface area contributed by atoms with Gasteiger partial charge in [0.1, 0.15) is 0 Å². The maximum atomic E-state index is 11.7. The van der Waals surface area contributed by atoms with E-state index in [0.29, 0.717) is 0 Å². The van der Waals surface area contributed by atoms with Crippen LogP contribution in [0.25, 0.3) is 0 Å². The molecule has 0 bridgehead atoms. The lowest BCUT2D eigenvalue weighted by Gasteiger charge is -2.29. The molecular formula is C16H25NO. The molecule has 0 aliphatic heterocycles. The summed E-state index contributed by atoms with van der Waals surface area (Å²) < 4.78 is 0. The summed E-state index contributed by atoms with van der Waals surface area (Å²) >= 11 is 0. The van der Waals surface area contributed by atoms with Gasteiger partial charge in [0.15, 0.2) is 0 Å². The Labute approximate surface area is 111 Å². The van der Waals surface area contributed by atoms with Gasteiger partial charge in [0.05, 0.1) is 0 Å². The van der Waals surface area contributed by atoms with Crippen LogP contribution in [0.3, 0.4) is 0 Å². The molecule has 0 heterocycles. The van der Waals surface area contributed by atoms with Crippen LogP contribution in [0.15, 0.2) is 30.3 Å². The van der Waals surface area contributed by atoms with Crippen LogP contribution in [0.2, 0.25) is 0 Å². The van der Waals surface area contributed by atoms with E-state index in [-0.39, 0.29) is 23.3 Å². The highest BCUT2D eigenvalue weighted by atomic mass is 16.1. The Balaban J connectivity index is 2.63. The van der Waals surface area contributed by atoms with E-state index in [1.807, 2.05) is 19.9 Å². The summed E-state index contributed by atoms with van der Waals surface area (Å²) in [6.07, 6.45) is 0.940. The molecule has 2 heteroatoms. The van der Waals surface area contributed by atoms with Crippen molar-refractivity contribution in [1.29, 1.82) is 0 Å². The molecule has 1 aromatic rings. The van der Waals surface area contributed by atoms with Gasteiger partial charge in [-0.25, -0.2) is 0 Å². The SMILES string of the molecule is CC(CC(C)(C)c1ccccc1)NC(=O)C(C)C. The molecule has 100 valence electrons. The molecule has 0 saturated heterocycles. The van der Waals surface area contributed by atoms with E-state index in [9.17, 15) is 4.79 Å². The third-order valence-corrected chi connectivity index (χ3v) is 3.28. The third kappa shape index (κ3) is 4.17. The number of carbonyl (C=O) groups is 1. The van der Waals surface area contributed by atoms with Gasteiger partial charge in [0.25, 0.3) is 0 Å². The zero-order chi connectivity index (χ0) is 13.8. The van der Waals surface area contributed by atoms with E-state index >= 15 is 0 Å². The molecule has 0 aromatic heterocycles. The Morgan fingerprint density at radius 2 is 1.72 bits per heavy atom. The number of amides is 1. The molecule has 0 spiro atoms. The zero-order valence-electron chi connectivity index (χ0n) is 12.2. The van der Waals surface area contributed by atoms with Gasteiger partial charge in [-0.2, -0.15) is 0 Å². The number of rotatable bonds is 5. The van der Waals surface area contributed by atoms with Gasteiger partial charge in [-0.1, -0.05) is 58.0 Å². The molecule has 1 rings (SSSR count). The molecule has 0 radical (unpaired) electrons. The summed E-state index contributed by atoms with van der Waals surface area (Å²) in [4.78, 5) is 11.7. The predicted octanol–water partition coefficient (Wildman–Crippen LogP) is 3.52. The monoisotopic (exact) mass is 247 g/mol. The molecule has 1 unspecified atom stereocenters. The van der Waals surface area contributed by atoms with Gasteiger partial charge in [-0.3, -0.25) is 4.79 Å². The summed E-state index contributed by atoms with van der Waals surface area (Å²) in [6, 6.07) is 10.6. The molecule has 1 amide bonds. The minimum absolute atomic E-state index is 0.0484. The summed E-state index contributed by atoms with van der Waals surface area (Å²) in [5.41, 5.74) is 1.39. The summed E-state index contributed by atoms with van der Waals surface area (Å²) in [7, 11) is 0. The van der Waals surface area contributed by atoms with Crippen molar-refractivity contribution in [2.24, 2.45) is 5.92 Å². The first-order chi connectivity index (χ1) is 8.33. The Morgan fingerprint density at radius 3 is 2.22 bits per heavy atom. The number of nitrogens with one attached hydrogen (secondary N) is 1. The van der Waals surface area contributed by atoms with Crippen LogP contribution in [0.5, 0.6) is 0 Å². The fourth-order valence-corrected chi connectivity index (χ4v) is 2.23. The van der Waals surface area contributed by atoms with Gasteiger partial charge in [-0.15, -0.1) is 0 Å². The van der Waals surface area contributed by atoms with E-state index in [2.05, 4.69) is 50.4 Å². The van der Waals surface area contributed by atoms with Crippen molar-refractivity contribution >= 4 is 5.91 Å². The largest absolute Gasteiger partial charge is 0.353 e. The number of benzene rings is 1. The highest BCUT2D eigenvalue weighted by molar-refractivity contribution is 5.78. The number of hydrogen-bond donors (Lipinski definition) is 1. The second-order valence-corrected chi connectivity index (χ2v) is 6.02. The molecule has 0 fully saturated rings. The van der Waals surface area contributed by atoms with E-state index in [4.69, 9.17) is 0 Å². The highest BCUT2D eigenvalue weighted by Gasteiger charge is 2.24. The van der Waals surface area contributed by atoms with Crippen molar-refractivity contribution < 1.29 is 4.79 Å². The molecule has 2 nitrogen and oxygen atoms in total. The minimum atomic E-state index is 0.0484. The molecule has 1 atom stereocenters. The van der Waals surface area contributed by atoms with E-state index in [1.54, 1.807) is 0 Å². The molecule has 18 heavy (non-hydrogen) atoms. The van der Waals surface area contributed by atoms with Crippen LogP contribution >= 0.6 is 0 Å². The Hall–Kier alpha value is -1.31. The second-order valence-electron chi connectivity index (χ2n) is 6.02. The van der Waals surface area contributed by atoms with E-state index in [1.165, 1.54) is 5.56 Å². The predicted molar refractivity (Wildman–Crippen MR) is 76.5 cm³/mol. The van der Waals surface area contributed by atoms with E-state index < -0.39 is 0 Å². The van der Waals surface area contributed by atoms with Gasteiger partial charge in [0.2, 0.25) is 5.91 Å². The molecular weight excluding hydrogens is 222 g/mol. The average molecular weight is 247 g/mol. The van der Waals surface area contributed by atoms with Crippen molar-refractivity contribution in [3.05, 3.63) is 35.9 Å². The van der Waals surface area contributed by atoms with Crippen molar-refractivity contribution in [1.82, 2.24) is 5.32 Å². The van der Waals surface area contributed by atoms with Crippen LogP contribution in [0.4, 0.5) is 0 Å². The lowest BCUT2D eigenvalue weighted by Crippen LogP contribution is -2.39. The van der Waals surface area contributed by atoms with Gasteiger partial charge < -0.3 is 5.32 Å². The van der Waals surface area contributed by atoms with Gasteiger partial charge >= 0.3 is 0 Å². The van der Waals surface area contributed by atoms with Gasteiger partial charge in [-0.05, 0) is 24.3 Å². The Bertz CT molecular complexity index is 381. The molecule has 1 aromatic carbocycles. The fourth-order valence-electron chi connectivity index (χ4n) is 2.23. The maximum Gasteiger partial charge on any atom is 0.222 e. The smallest absolute Gasteiger partial charge is 0.222 e. The standard InChI is InChI=1S/C16H25NO/c1-12(2)15(18)17-13(3)11-16(4,5)14-9-7-6-8-10-14/h6-10,12-13H,11H2,1-5H3,(H,17,18). The fraction of sp³-hybridized carbons (Fsp3) is 0.562. The van der Waals surface area contributed by atoms with Crippen molar-refractivity contribution in [3.8, 4) is 0 Å². The minimum Gasteiger partial charge on any atom is -0.353 e. The summed E-state index contributed by atoms with van der Waals surface area (Å²) in [5.74, 6) is 0.179. The van der Waals surface area contributed by atoms with Crippen LogP contribution in [-0.4, -0.2) is 11.9 Å². The van der Waals surface area contributed by atoms with Crippen LogP contribution in [0, 0.1) is 5.92 Å². The normalized spacial score (nSPS) is 13.4. The Morgan fingerprint density at radius 1 is 1.17 bits per heavy atom. The van der Waals surface area contributed by atoms with Crippen LogP contribution < -0.4 is 5.32 Å². The first-order valence-corrected chi connectivity index (χ1v) is 6.69. The van der Waals surface area contributed by atoms with Gasteiger partial charge in [0, 0.05) is 12.0 Å². The summed E-state index contributed by atoms with van der Waals surface area (Å²) in [5, 5.41) is 3.07. The highest BCUT2D eigenvalue weighted by Crippen LogP contribution is 2.28. The quantitative estimate of drug-likeness (QED) is 0.847. The van der Waals surface area contributed by atoms with Crippen molar-refractivity contribution in [2.75, 3.05) is 0 Å². The average Bonchev–Trinajstić information content (AvgIpc) is 2.29.